The molecule has 6 heteroatoms. The van der Waals surface area contributed by atoms with Gasteiger partial charge in [-0.15, -0.1) is 23.1 Å². The number of benzene rings is 2. The first kappa shape index (κ1) is 21.1. The van der Waals surface area contributed by atoms with Crippen LogP contribution in [0.2, 0.25) is 0 Å². The van der Waals surface area contributed by atoms with E-state index in [9.17, 15) is 9.59 Å². The molecule has 150 valence electrons. The third kappa shape index (κ3) is 5.49. The van der Waals surface area contributed by atoms with Crippen LogP contribution in [0.3, 0.4) is 0 Å². The fourth-order valence-corrected chi connectivity index (χ4v) is 4.71. The van der Waals surface area contributed by atoms with Gasteiger partial charge in [0.1, 0.15) is 4.88 Å². The summed E-state index contributed by atoms with van der Waals surface area (Å²) in [6.45, 7) is 6.12. The van der Waals surface area contributed by atoms with E-state index in [2.05, 4.69) is 23.5 Å². The lowest BCUT2D eigenvalue weighted by molar-refractivity contribution is -0.113. The molecule has 1 aromatic heterocycles. The summed E-state index contributed by atoms with van der Waals surface area (Å²) in [7, 11) is 0. The Kier molecular flexibility index (Phi) is 7.12. The maximum atomic E-state index is 12.6. The summed E-state index contributed by atoms with van der Waals surface area (Å²) in [5.41, 5.74) is 3.79. The van der Waals surface area contributed by atoms with E-state index in [4.69, 9.17) is 4.74 Å². The van der Waals surface area contributed by atoms with Gasteiger partial charge in [0.15, 0.2) is 0 Å². The first-order valence-corrected chi connectivity index (χ1v) is 11.1. The summed E-state index contributed by atoms with van der Waals surface area (Å²) >= 11 is 2.82. The Morgan fingerprint density at radius 3 is 2.55 bits per heavy atom. The van der Waals surface area contributed by atoms with Crippen LogP contribution >= 0.6 is 23.1 Å². The van der Waals surface area contributed by atoms with Crippen molar-refractivity contribution >= 4 is 40.7 Å². The van der Waals surface area contributed by atoms with Gasteiger partial charge in [-0.3, -0.25) is 4.79 Å². The minimum Gasteiger partial charge on any atom is -0.462 e. The smallest absolute Gasteiger partial charge is 0.350 e. The fraction of sp³-hybridized carbons (Fsp3) is 0.217. The largest absolute Gasteiger partial charge is 0.462 e. The molecule has 1 amide bonds. The van der Waals surface area contributed by atoms with Gasteiger partial charge in [-0.2, -0.15) is 0 Å². The molecule has 3 rings (SSSR count). The first-order chi connectivity index (χ1) is 14.0. The van der Waals surface area contributed by atoms with Gasteiger partial charge in [0.05, 0.1) is 18.0 Å². The molecule has 0 saturated carbocycles. The molecule has 0 atom stereocenters. The number of amides is 1. The summed E-state index contributed by atoms with van der Waals surface area (Å²) < 4.78 is 5.17. The molecular formula is C23H23NO3S2. The number of anilines is 1. The lowest BCUT2D eigenvalue weighted by atomic mass is 10.2. The molecular weight excluding hydrogens is 402 g/mol. The highest BCUT2D eigenvalue weighted by Gasteiger charge is 2.20. The van der Waals surface area contributed by atoms with Crippen molar-refractivity contribution in [1.82, 2.24) is 0 Å². The van der Waals surface area contributed by atoms with Gasteiger partial charge >= 0.3 is 5.97 Å². The zero-order valence-corrected chi connectivity index (χ0v) is 18.3. The fourth-order valence-electron chi connectivity index (χ4n) is 2.77. The molecule has 0 bridgehead atoms. The van der Waals surface area contributed by atoms with Crippen molar-refractivity contribution in [1.29, 1.82) is 0 Å². The molecule has 0 unspecified atom stereocenters. The SMILES string of the molecule is CCOC(=O)c1sc(-c2ccccc2)cc1NC(=O)CSc1cc(C)ccc1C. The molecule has 0 spiro atoms. The minimum atomic E-state index is -0.419. The molecule has 0 radical (unpaired) electrons. The number of aryl methyl sites for hydroxylation is 2. The molecule has 0 saturated heterocycles. The van der Waals surface area contributed by atoms with Gasteiger partial charge in [-0.1, -0.05) is 48.0 Å². The number of carbonyl (C=O) groups is 2. The van der Waals surface area contributed by atoms with Crippen LogP contribution in [-0.2, 0) is 9.53 Å². The van der Waals surface area contributed by atoms with Crippen LogP contribution in [-0.4, -0.2) is 24.2 Å². The molecule has 2 aromatic carbocycles. The Balaban J connectivity index is 1.77. The van der Waals surface area contributed by atoms with Crippen LogP contribution in [0.5, 0.6) is 0 Å². The van der Waals surface area contributed by atoms with E-state index >= 15 is 0 Å². The summed E-state index contributed by atoms with van der Waals surface area (Å²) in [5.74, 6) is -0.306. The van der Waals surface area contributed by atoms with Gasteiger partial charge in [0, 0.05) is 9.77 Å². The highest BCUT2D eigenvalue weighted by molar-refractivity contribution is 8.00. The lowest BCUT2D eigenvalue weighted by Crippen LogP contribution is -2.16. The highest BCUT2D eigenvalue weighted by Crippen LogP contribution is 2.35. The number of thiophene rings is 1. The Morgan fingerprint density at radius 1 is 1.07 bits per heavy atom. The molecule has 0 fully saturated rings. The van der Waals surface area contributed by atoms with Crippen molar-refractivity contribution in [2.75, 3.05) is 17.7 Å². The quantitative estimate of drug-likeness (QED) is 0.376. The zero-order valence-electron chi connectivity index (χ0n) is 16.7. The number of hydrogen-bond donors (Lipinski definition) is 1. The van der Waals surface area contributed by atoms with Gasteiger partial charge in [-0.05, 0) is 44.0 Å². The van der Waals surface area contributed by atoms with Crippen molar-refractivity contribution in [3.05, 3.63) is 70.6 Å². The van der Waals surface area contributed by atoms with Crippen LogP contribution in [0.25, 0.3) is 10.4 Å². The van der Waals surface area contributed by atoms with Crippen molar-refractivity contribution < 1.29 is 14.3 Å². The Bertz CT molecular complexity index is 1010. The first-order valence-electron chi connectivity index (χ1n) is 9.34. The third-order valence-corrected chi connectivity index (χ3v) is 6.55. The van der Waals surface area contributed by atoms with E-state index in [0.29, 0.717) is 10.6 Å². The van der Waals surface area contributed by atoms with E-state index in [1.165, 1.54) is 23.1 Å². The van der Waals surface area contributed by atoms with Gasteiger partial charge in [0.25, 0.3) is 0 Å². The standard InChI is InChI=1S/C23H23NO3S2/c1-4-27-23(26)22-18(13-20(29-22)17-8-6-5-7-9-17)24-21(25)14-28-19-12-15(2)10-11-16(19)3/h5-13H,4,14H2,1-3H3,(H,24,25). The van der Waals surface area contributed by atoms with Crippen molar-refractivity contribution in [3.63, 3.8) is 0 Å². The van der Waals surface area contributed by atoms with E-state index in [1.54, 1.807) is 6.92 Å². The molecule has 3 aromatic rings. The number of thioether (sulfide) groups is 1. The van der Waals surface area contributed by atoms with Gasteiger partial charge < -0.3 is 10.1 Å². The maximum Gasteiger partial charge on any atom is 0.350 e. The van der Waals surface area contributed by atoms with Gasteiger partial charge in [0.2, 0.25) is 5.91 Å². The van der Waals surface area contributed by atoms with E-state index in [-0.39, 0.29) is 18.3 Å². The predicted molar refractivity (Wildman–Crippen MR) is 121 cm³/mol. The van der Waals surface area contributed by atoms with Gasteiger partial charge in [-0.25, -0.2) is 4.79 Å². The van der Waals surface area contributed by atoms with E-state index < -0.39 is 5.97 Å². The number of nitrogens with one attached hydrogen (secondary N) is 1. The lowest BCUT2D eigenvalue weighted by Gasteiger charge is -2.08. The summed E-state index contributed by atoms with van der Waals surface area (Å²) in [6.07, 6.45) is 0. The number of carbonyl (C=O) groups excluding carboxylic acids is 2. The third-order valence-electron chi connectivity index (χ3n) is 4.23. The summed E-state index contributed by atoms with van der Waals surface area (Å²) in [4.78, 5) is 27.4. The monoisotopic (exact) mass is 425 g/mol. The van der Waals surface area contributed by atoms with Crippen molar-refractivity contribution in [2.45, 2.75) is 25.7 Å². The number of esters is 1. The Labute approximate surface area is 179 Å². The van der Waals surface area contributed by atoms with Crippen LogP contribution in [0.4, 0.5) is 5.69 Å². The highest BCUT2D eigenvalue weighted by atomic mass is 32.2. The van der Waals surface area contributed by atoms with Crippen LogP contribution in [0, 0.1) is 13.8 Å². The van der Waals surface area contributed by atoms with Crippen LogP contribution in [0.1, 0.15) is 27.7 Å². The second kappa shape index (κ2) is 9.76. The molecule has 29 heavy (non-hydrogen) atoms. The molecule has 4 nitrogen and oxygen atoms in total. The average Bonchev–Trinajstić information content (AvgIpc) is 3.13. The molecule has 0 aliphatic carbocycles. The predicted octanol–water partition coefficient (Wildman–Crippen LogP) is 5.94. The Morgan fingerprint density at radius 2 is 1.83 bits per heavy atom. The molecule has 0 aliphatic heterocycles. The maximum absolute atomic E-state index is 12.6. The van der Waals surface area contributed by atoms with E-state index in [1.807, 2.05) is 50.2 Å². The number of rotatable bonds is 7. The van der Waals surface area contributed by atoms with Crippen molar-refractivity contribution in [3.8, 4) is 10.4 Å². The van der Waals surface area contributed by atoms with E-state index in [0.717, 1.165) is 26.5 Å². The van der Waals surface area contributed by atoms with Crippen molar-refractivity contribution in [2.24, 2.45) is 0 Å². The summed E-state index contributed by atoms with van der Waals surface area (Å²) in [5, 5.41) is 2.89. The molecule has 0 aliphatic rings. The zero-order chi connectivity index (χ0) is 20.8. The Hall–Kier alpha value is -2.57. The topological polar surface area (TPSA) is 55.4 Å². The van der Waals surface area contributed by atoms with Crippen LogP contribution < -0.4 is 5.32 Å². The average molecular weight is 426 g/mol. The van der Waals surface area contributed by atoms with Crippen LogP contribution in [0.15, 0.2) is 59.5 Å². The molecule has 1 N–H and O–H groups in total. The normalized spacial score (nSPS) is 10.6. The number of ether oxygens (including phenoxy) is 1. The second-order valence-corrected chi connectivity index (χ2v) is 8.62. The molecule has 1 heterocycles. The summed E-state index contributed by atoms with van der Waals surface area (Å²) in [6, 6.07) is 17.8. The number of hydrogen-bond acceptors (Lipinski definition) is 5. The minimum absolute atomic E-state index is 0.154. The second-order valence-electron chi connectivity index (χ2n) is 6.55.